The predicted octanol–water partition coefficient (Wildman–Crippen LogP) is 9.27. The first kappa shape index (κ1) is 35.8. The minimum Gasteiger partial charge on any atom is -0.428 e. The highest BCUT2D eigenvalue weighted by atomic mass is 35.5. The van der Waals surface area contributed by atoms with Gasteiger partial charge in [-0.3, -0.25) is 14.9 Å². The first-order chi connectivity index (χ1) is 22.4. The van der Waals surface area contributed by atoms with Gasteiger partial charge in [0.25, 0.3) is 0 Å². The lowest BCUT2D eigenvalue weighted by atomic mass is 9.99. The fourth-order valence-electron chi connectivity index (χ4n) is 6.27. The van der Waals surface area contributed by atoms with Crippen LogP contribution in [0.4, 0.5) is 0 Å². The van der Waals surface area contributed by atoms with E-state index in [1.165, 1.54) is 77.0 Å². The van der Waals surface area contributed by atoms with Crippen molar-refractivity contribution in [2.75, 3.05) is 26.2 Å². The number of aromatic nitrogens is 2. The van der Waals surface area contributed by atoms with Gasteiger partial charge in [0.05, 0.1) is 34.8 Å². The normalized spacial score (nSPS) is 12.8. The van der Waals surface area contributed by atoms with Crippen molar-refractivity contribution >= 4 is 45.0 Å². The fourth-order valence-corrected chi connectivity index (χ4v) is 6.60. The number of pyridine rings is 2. The van der Waals surface area contributed by atoms with Gasteiger partial charge in [0.1, 0.15) is 0 Å². The molecule has 0 aliphatic rings. The molecule has 0 spiro atoms. The molecular formula is C37H51Cl2N5O2. The molecule has 0 amide bonds. The van der Waals surface area contributed by atoms with E-state index in [1.54, 1.807) is 24.5 Å². The van der Waals surface area contributed by atoms with Crippen LogP contribution in [0.5, 0.6) is 0 Å². The zero-order valence-electron chi connectivity index (χ0n) is 27.6. The summed E-state index contributed by atoms with van der Waals surface area (Å²) in [6.07, 6.45) is 18.4. The summed E-state index contributed by atoms with van der Waals surface area (Å²) in [6.45, 7) is 7.48. The average Bonchev–Trinajstić information content (AvgIpc) is 3.05. The topological polar surface area (TPSA) is 78.3 Å². The Bertz CT molecular complexity index is 1540. The molecule has 0 unspecified atom stereocenters. The van der Waals surface area contributed by atoms with Crippen LogP contribution in [-0.2, 0) is 0 Å². The third kappa shape index (κ3) is 10.5. The molecule has 0 aliphatic heterocycles. The Hall–Kier alpha value is -3.00. The zero-order valence-corrected chi connectivity index (χ0v) is 29.1. The highest BCUT2D eigenvalue weighted by Crippen LogP contribution is 2.20. The van der Waals surface area contributed by atoms with Crippen molar-refractivity contribution in [1.82, 2.24) is 14.4 Å². The molecule has 0 atom stereocenters. The summed E-state index contributed by atoms with van der Waals surface area (Å²) in [7, 11) is 0. The van der Waals surface area contributed by atoms with Crippen LogP contribution >= 0.6 is 23.2 Å². The summed E-state index contributed by atoms with van der Waals surface area (Å²) < 4.78 is 2.20. The molecule has 0 saturated heterocycles. The van der Waals surface area contributed by atoms with Gasteiger partial charge in [0.15, 0.2) is 0 Å². The van der Waals surface area contributed by atoms with E-state index in [0.29, 0.717) is 40.2 Å². The predicted molar refractivity (Wildman–Crippen MR) is 191 cm³/mol. The van der Waals surface area contributed by atoms with E-state index >= 15 is 0 Å². The largest absolute Gasteiger partial charge is 0.428 e. The molecule has 2 aromatic carbocycles. The molecule has 46 heavy (non-hydrogen) atoms. The molecule has 2 heterocycles. The van der Waals surface area contributed by atoms with Gasteiger partial charge in [0, 0.05) is 52.3 Å². The number of fused-ring (bicyclic) bond motifs is 2. The van der Waals surface area contributed by atoms with Gasteiger partial charge in [-0.15, -0.1) is 0 Å². The van der Waals surface area contributed by atoms with Gasteiger partial charge in [-0.2, -0.15) is 9.46 Å². The molecule has 0 fully saturated rings. The van der Waals surface area contributed by atoms with Crippen LogP contribution in [0.25, 0.3) is 21.8 Å². The molecule has 250 valence electrons. The summed E-state index contributed by atoms with van der Waals surface area (Å²) in [5.41, 5.74) is 1.28. The highest BCUT2D eigenvalue weighted by Gasteiger charge is 2.18. The molecule has 9 heteroatoms. The van der Waals surface area contributed by atoms with Crippen molar-refractivity contribution in [1.29, 1.82) is 0 Å². The molecule has 0 saturated carbocycles. The van der Waals surface area contributed by atoms with E-state index in [0.717, 1.165) is 44.0 Å². The molecule has 0 radical (unpaired) electrons. The van der Waals surface area contributed by atoms with Crippen LogP contribution in [0.1, 0.15) is 90.9 Å². The Morgan fingerprint density at radius 1 is 0.630 bits per heavy atom. The molecular weight excluding hydrogens is 617 g/mol. The van der Waals surface area contributed by atoms with Gasteiger partial charge < -0.3 is 10.4 Å². The average molecular weight is 669 g/mol. The van der Waals surface area contributed by atoms with Gasteiger partial charge >= 0.3 is 0 Å². The van der Waals surface area contributed by atoms with E-state index in [9.17, 15) is 10.4 Å². The standard InChI is InChI=1S/C37H51Cl2N5O2/c1-3-5-7-9-11-13-31(14-12-10-8-6-4-2)42(25-21-40-34-19-23-43(45)36-27-29(38)15-17-32(34)36)26-22-41-35-20-24-44(46)37-28-30(39)16-18-33(35)37/h15-20,23-24,27-28,31,45-46H,3-14,21-22,25-26H2,1-2H3. The minimum absolute atomic E-state index is 0.477. The third-order valence-corrected chi connectivity index (χ3v) is 9.32. The zero-order chi connectivity index (χ0) is 32.7. The van der Waals surface area contributed by atoms with E-state index < -0.39 is 0 Å². The minimum atomic E-state index is 0.477. The van der Waals surface area contributed by atoms with Crippen LogP contribution in [-0.4, -0.2) is 57.0 Å². The Morgan fingerprint density at radius 2 is 1.07 bits per heavy atom. The lowest BCUT2D eigenvalue weighted by Crippen LogP contribution is -2.39. The second-order valence-corrected chi connectivity index (χ2v) is 13.1. The Kier molecular flexibility index (Phi) is 14.8. The van der Waals surface area contributed by atoms with Crippen LogP contribution in [0, 0.1) is 0 Å². The number of hydrogen-bond acceptors (Lipinski definition) is 5. The number of nitrogens with zero attached hydrogens (tertiary/aromatic N) is 5. The summed E-state index contributed by atoms with van der Waals surface area (Å²) in [6, 6.07) is 15.2. The van der Waals surface area contributed by atoms with Crippen molar-refractivity contribution in [2.45, 2.75) is 96.9 Å². The first-order valence-electron chi connectivity index (χ1n) is 17.2. The van der Waals surface area contributed by atoms with Crippen molar-refractivity contribution in [3.8, 4) is 0 Å². The summed E-state index contributed by atoms with van der Waals surface area (Å²) in [4.78, 5) is 12.6. The van der Waals surface area contributed by atoms with Gasteiger partial charge in [-0.05, 0) is 61.4 Å². The molecule has 2 N–H and O–H groups in total. The maximum Gasteiger partial charge on any atom is 0.0901 e. The van der Waals surface area contributed by atoms with Gasteiger partial charge in [-0.1, -0.05) is 101 Å². The Morgan fingerprint density at radius 3 is 1.50 bits per heavy atom. The van der Waals surface area contributed by atoms with E-state index in [4.69, 9.17) is 33.2 Å². The summed E-state index contributed by atoms with van der Waals surface area (Å²) >= 11 is 12.4. The monoisotopic (exact) mass is 667 g/mol. The maximum absolute atomic E-state index is 10.3. The molecule has 7 nitrogen and oxygen atoms in total. The third-order valence-electron chi connectivity index (χ3n) is 8.85. The molecule has 0 aliphatic carbocycles. The van der Waals surface area contributed by atoms with Crippen LogP contribution in [0.3, 0.4) is 0 Å². The van der Waals surface area contributed by atoms with Crippen LogP contribution < -0.4 is 10.7 Å². The van der Waals surface area contributed by atoms with E-state index in [-0.39, 0.29) is 0 Å². The van der Waals surface area contributed by atoms with Crippen LogP contribution in [0.2, 0.25) is 10.0 Å². The number of hydrogen-bond donors (Lipinski definition) is 2. The maximum atomic E-state index is 10.3. The summed E-state index contributed by atoms with van der Waals surface area (Å²) in [5, 5.41) is 25.3. The smallest absolute Gasteiger partial charge is 0.0901 e. The Balaban J connectivity index is 1.57. The van der Waals surface area contributed by atoms with E-state index in [1.807, 2.05) is 36.4 Å². The molecule has 0 bridgehead atoms. The van der Waals surface area contributed by atoms with Crippen molar-refractivity contribution < 1.29 is 10.4 Å². The van der Waals surface area contributed by atoms with Gasteiger partial charge in [-0.25, -0.2) is 0 Å². The Labute approximate surface area is 283 Å². The number of benzene rings is 2. The van der Waals surface area contributed by atoms with Crippen molar-refractivity contribution in [3.63, 3.8) is 0 Å². The van der Waals surface area contributed by atoms with E-state index in [2.05, 4.69) is 18.7 Å². The second kappa shape index (κ2) is 19.0. The first-order valence-corrected chi connectivity index (χ1v) is 17.9. The summed E-state index contributed by atoms with van der Waals surface area (Å²) in [5.74, 6) is 0. The molecule has 4 rings (SSSR count). The number of rotatable bonds is 19. The highest BCUT2D eigenvalue weighted by molar-refractivity contribution is 6.31. The van der Waals surface area contributed by atoms with Gasteiger partial charge in [0.2, 0.25) is 0 Å². The number of unbranched alkanes of at least 4 members (excludes halogenated alkanes) is 8. The SMILES string of the molecule is CCCCCCCC(CCCCCCC)N(CCN=c1ccn(O)c2cc(Cl)ccc12)CCN=c1ccn(O)c2cc(Cl)ccc12. The lowest BCUT2D eigenvalue weighted by Gasteiger charge is -2.31. The molecule has 2 aromatic heterocycles. The molecule has 4 aromatic rings. The van der Waals surface area contributed by atoms with Crippen molar-refractivity contribution in [2.24, 2.45) is 9.98 Å². The second-order valence-electron chi connectivity index (χ2n) is 12.3. The van der Waals surface area contributed by atoms with Crippen molar-refractivity contribution in [3.05, 3.63) is 81.7 Å². The fraction of sp³-hybridized carbons (Fsp3) is 0.514. The van der Waals surface area contributed by atoms with Crippen LogP contribution in [0.15, 0.2) is 70.9 Å². The quantitative estimate of drug-likeness (QED) is 0.0773. The lowest BCUT2D eigenvalue weighted by molar-refractivity contribution is 0.179. The number of halogens is 2.